The van der Waals surface area contributed by atoms with Gasteiger partial charge in [0.05, 0.1) is 17.8 Å². The Morgan fingerprint density at radius 1 is 1.18 bits per heavy atom. The number of pyridine rings is 1. The predicted octanol–water partition coefficient (Wildman–Crippen LogP) is 4.29. The van der Waals surface area contributed by atoms with Gasteiger partial charge < -0.3 is 14.8 Å². The zero-order chi connectivity index (χ0) is 19.4. The summed E-state index contributed by atoms with van der Waals surface area (Å²) in [6.45, 7) is 2.25. The number of carbonyl (C=O) groups is 1. The van der Waals surface area contributed by atoms with Gasteiger partial charge in [-0.1, -0.05) is 0 Å². The number of methoxy groups -OCH3 is 1. The predicted molar refractivity (Wildman–Crippen MR) is 108 cm³/mol. The van der Waals surface area contributed by atoms with Gasteiger partial charge in [0.1, 0.15) is 5.82 Å². The van der Waals surface area contributed by atoms with Crippen LogP contribution in [0.1, 0.15) is 79.8 Å². The van der Waals surface area contributed by atoms with Crippen molar-refractivity contribution in [2.24, 2.45) is 11.8 Å². The van der Waals surface area contributed by atoms with E-state index in [9.17, 15) is 4.79 Å². The van der Waals surface area contributed by atoms with E-state index in [2.05, 4.69) is 5.32 Å². The molecule has 2 atom stereocenters. The number of ether oxygens (including phenoxy) is 2. The number of nitrogens with zero attached hydrogens (tertiary/aromatic N) is 1. The van der Waals surface area contributed by atoms with Crippen LogP contribution in [-0.4, -0.2) is 35.8 Å². The molecule has 1 aromatic heterocycles. The summed E-state index contributed by atoms with van der Waals surface area (Å²) in [6.07, 6.45) is 13.3. The summed E-state index contributed by atoms with van der Waals surface area (Å²) in [5, 5.41) is 3.93. The van der Waals surface area contributed by atoms with Crippen LogP contribution in [-0.2, 0) is 22.3 Å². The van der Waals surface area contributed by atoms with Crippen LogP contribution in [0.4, 0.5) is 5.82 Å². The first kappa shape index (κ1) is 18.4. The van der Waals surface area contributed by atoms with Gasteiger partial charge in [0, 0.05) is 18.8 Å². The molecule has 0 aromatic carbocycles. The number of aromatic nitrogens is 1. The molecule has 0 spiro atoms. The van der Waals surface area contributed by atoms with E-state index in [0.717, 1.165) is 55.3 Å². The van der Waals surface area contributed by atoms with Crippen molar-refractivity contribution in [2.75, 3.05) is 19.0 Å². The van der Waals surface area contributed by atoms with Crippen molar-refractivity contribution in [1.82, 2.24) is 4.98 Å². The molecule has 0 saturated heterocycles. The molecule has 0 aliphatic heterocycles. The van der Waals surface area contributed by atoms with Crippen LogP contribution in [0.25, 0.3) is 0 Å². The van der Waals surface area contributed by atoms with E-state index in [4.69, 9.17) is 14.5 Å². The topological polar surface area (TPSA) is 60.5 Å². The highest BCUT2D eigenvalue weighted by molar-refractivity contribution is 5.91. The Kier molecular flexibility index (Phi) is 4.42. The van der Waals surface area contributed by atoms with Gasteiger partial charge in [-0.3, -0.25) is 0 Å². The maximum atomic E-state index is 12.4. The minimum Gasteiger partial charge on any atom is -0.462 e. The fourth-order valence-electron chi connectivity index (χ4n) is 7.06. The molecule has 6 rings (SSSR count). The first-order chi connectivity index (χ1) is 13.6. The smallest absolute Gasteiger partial charge is 0.339 e. The Morgan fingerprint density at radius 2 is 1.89 bits per heavy atom. The van der Waals surface area contributed by atoms with Crippen molar-refractivity contribution in [2.45, 2.75) is 82.3 Å². The summed E-state index contributed by atoms with van der Waals surface area (Å²) in [5.74, 6) is 2.32. The molecule has 5 aliphatic carbocycles. The molecular formula is C23H32N2O3. The second-order valence-corrected chi connectivity index (χ2v) is 9.66. The number of hydrogen-bond donors (Lipinski definition) is 1. The monoisotopic (exact) mass is 384 g/mol. The molecule has 152 valence electrons. The van der Waals surface area contributed by atoms with Crippen LogP contribution >= 0.6 is 0 Å². The third kappa shape index (κ3) is 2.94. The Balaban J connectivity index is 1.48. The summed E-state index contributed by atoms with van der Waals surface area (Å²) in [4.78, 5) is 17.2. The van der Waals surface area contributed by atoms with E-state index in [0.29, 0.717) is 12.2 Å². The molecule has 1 heterocycles. The van der Waals surface area contributed by atoms with Crippen molar-refractivity contribution in [3.05, 3.63) is 22.9 Å². The molecular weight excluding hydrogens is 352 g/mol. The molecule has 2 unspecified atom stereocenters. The number of anilines is 1. The Bertz CT molecular complexity index is 776. The third-order valence-electron chi connectivity index (χ3n) is 7.72. The van der Waals surface area contributed by atoms with E-state index in [1.54, 1.807) is 6.20 Å². The van der Waals surface area contributed by atoms with Crippen molar-refractivity contribution in [3.63, 3.8) is 0 Å². The lowest BCUT2D eigenvalue weighted by Crippen LogP contribution is -2.62. The van der Waals surface area contributed by atoms with Crippen molar-refractivity contribution in [3.8, 4) is 0 Å². The number of hydrogen-bond acceptors (Lipinski definition) is 5. The number of nitrogens with one attached hydrogen (secondary N) is 1. The van der Waals surface area contributed by atoms with E-state index in [1.165, 1.54) is 37.7 Å². The van der Waals surface area contributed by atoms with Crippen LogP contribution in [0.5, 0.6) is 0 Å². The molecule has 5 nitrogen and oxygen atoms in total. The van der Waals surface area contributed by atoms with Gasteiger partial charge in [-0.15, -0.1) is 0 Å². The summed E-state index contributed by atoms with van der Waals surface area (Å²) in [5.41, 5.74) is 3.24. The average Bonchev–Trinajstić information content (AvgIpc) is 2.67. The van der Waals surface area contributed by atoms with Gasteiger partial charge in [0.25, 0.3) is 0 Å². The fourth-order valence-corrected chi connectivity index (χ4v) is 7.06. The molecule has 0 amide bonds. The van der Waals surface area contributed by atoms with E-state index in [-0.39, 0.29) is 17.1 Å². The Hall–Kier alpha value is -1.62. The van der Waals surface area contributed by atoms with Crippen molar-refractivity contribution in [1.29, 1.82) is 0 Å². The lowest BCUT2D eigenvalue weighted by atomic mass is 9.51. The summed E-state index contributed by atoms with van der Waals surface area (Å²) in [6, 6.07) is 0. The number of carbonyl (C=O) groups excluding carboxylic acids is 1. The standard InChI is InChI=1S/C23H32N2O3/c1-3-28-21(26)19-13-24-20(18-7-5-4-6-17(18)19)25-22-9-15-8-16(10-22)12-23(11-15,14-22)27-2/h13,15-16H,3-12,14H2,1-2H3,(H,24,25). The molecule has 4 bridgehead atoms. The van der Waals surface area contributed by atoms with Crippen LogP contribution in [0, 0.1) is 11.8 Å². The molecule has 1 aromatic rings. The summed E-state index contributed by atoms with van der Waals surface area (Å²) in [7, 11) is 1.90. The van der Waals surface area contributed by atoms with Gasteiger partial charge in [0.2, 0.25) is 0 Å². The largest absolute Gasteiger partial charge is 0.462 e. The second kappa shape index (κ2) is 6.72. The Labute approximate surface area is 167 Å². The van der Waals surface area contributed by atoms with Gasteiger partial charge in [-0.25, -0.2) is 9.78 Å². The molecule has 5 aliphatic rings. The minimum absolute atomic E-state index is 0.0576. The van der Waals surface area contributed by atoms with Gasteiger partial charge in [-0.05, 0) is 94.1 Å². The van der Waals surface area contributed by atoms with Crippen LogP contribution in [0.15, 0.2) is 6.20 Å². The molecule has 0 radical (unpaired) electrons. The second-order valence-electron chi connectivity index (χ2n) is 9.66. The summed E-state index contributed by atoms with van der Waals surface area (Å²) < 4.78 is 11.4. The molecule has 4 saturated carbocycles. The quantitative estimate of drug-likeness (QED) is 0.768. The highest BCUT2D eigenvalue weighted by Gasteiger charge is 2.58. The lowest BCUT2D eigenvalue weighted by molar-refractivity contribution is -0.148. The number of esters is 1. The number of rotatable bonds is 5. The average molecular weight is 385 g/mol. The molecule has 5 heteroatoms. The molecule has 1 N–H and O–H groups in total. The number of fused-ring (bicyclic) bond motifs is 1. The van der Waals surface area contributed by atoms with Crippen LogP contribution in [0.3, 0.4) is 0 Å². The minimum atomic E-state index is -0.229. The zero-order valence-corrected chi connectivity index (χ0v) is 17.2. The van der Waals surface area contributed by atoms with Gasteiger partial charge in [-0.2, -0.15) is 0 Å². The van der Waals surface area contributed by atoms with Gasteiger partial charge >= 0.3 is 5.97 Å². The SMILES string of the molecule is CCOC(=O)c1cnc(NC23CC4CC(C2)CC(OC)(C4)C3)c2c1CCCC2. The highest BCUT2D eigenvalue weighted by Crippen LogP contribution is 2.59. The fraction of sp³-hybridized carbons (Fsp3) is 0.739. The zero-order valence-electron chi connectivity index (χ0n) is 17.2. The highest BCUT2D eigenvalue weighted by atomic mass is 16.5. The van der Waals surface area contributed by atoms with Crippen LogP contribution in [0.2, 0.25) is 0 Å². The normalized spacial score (nSPS) is 35.5. The molecule has 28 heavy (non-hydrogen) atoms. The first-order valence-electron chi connectivity index (χ1n) is 11.1. The van der Waals surface area contributed by atoms with E-state index < -0.39 is 0 Å². The van der Waals surface area contributed by atoms with Gasteiger partial charge in [0.15, 0.2) is 0 Å². The van der Waals surface area contributed by atoms with Crippen molar-refractivity contribution >= 4 is 11.8 Å². The lowest BCUT2D eigenvalue weighted by Gasteiger charge is -2.61. The maximum absolute atomic E-state index is 12.4. The third-order valence-corrected chi connectivity index (χ3v) is 7.72. The van der Waals surface area contributed by atoms with E-state index in [1.807, 2.05) is 14.0 Å². The van der Waals surface area contributed by atoms with Crippen LogP contribution < -0.4 is 5.32 Å². The first-order valence-corrected chi connectivity index (χ1v) is 11.1. The molecule has 4 fully saturated rings. The maximum Gasteiger partial charge on any atom is 0.339 e. The van der Waals surface area contributed by atoms with Crippen molar-refractivity contribution < 1.29 is 14.3 Å². The van der Waals surface area contributed by atoms with E-state index >= 15 is 0 Å². The summed E-state index contributed by atoms with van der Waals surface area (Å²) >= 11 is 0. The Morgan fingerprint density at radius 3 is 2.57 bits per heavy atom.